The molecular formula is C20H22N4O2S. The molecule has 0 aliphatic heterocycles. The minimum Gasteiger partial charge on any atom is -0.361 e. The van der Waals surface area contributed by atoms with E-state index in [-0.39, 0.29) is 17.5 Å². The number of aromatic nitrogens is 2. The molecule has 0 amide bonds. The Balaban J connectivity index is 1.55. The number of aromatic amines is 1. The fourth-order valence-electron chi connectivity index (χ4n) is 3.35. The Bertz CT molecular complexity index is 1120. The molecule has 0 saturated heterocycles. The van der Waals surface area contributed by atoms with E-state index in [9.17, 15) is 8.42 Å². The standard InChI is InChI=1S/C20H22N4O2S/c1-24(2)20(18-9-7-14-4-3-5-17(14)23-18)13-22-27(25,26)16-8-6-15-10-11-21-19(15)12-16/h3-4,6-12,20-22H,5,13H2,1-2H3. The van der Waals surface area contributed by atoms with Crippen molar-refractivity contribution in [1.82, 2.24) is 19.6 Å². The number of H-pyrrole nitrogens is 1. The largest absolute Gasteiger partial charge is 0.361 e. The first-order chi connectivity index (χ1) is 12.9. The first-order valence-corrected chi connectivity index (χ1v) is 10.3. The predicted octanol–water partition coefficient (Wildman–Crippen LogP) is 2.71. The molecule has 2 N–H and O–H groups in total. The van der Waals surface area contributed by atoms with E-state index in [2.05, 4.69) is 21.9 Å². The van der Waals surface area contributed by atoms with Crippen LogP contribution in [0.5, 0.6) is 0 Å². The third kappa shape index (κ3) is 3.53. The Morgan fingerprint density at radius 3 is 2.89 bits per heavy atom. The predicted molar refractivity (Wildman–Crippen MR) is 107 cm³/mol. The highest BCUT2D eigenvalue weighted by Gasteiger charge is 2.22. The molecule has 0 fully saturated rings. The summed E-state index contributed by atoms with van der Waals surface area (Å²) in [7, 11) is 0.241. The number of rotatable bonds is 6. The third-order valence-electron chi connectivity index (χ3n) is 4.91. The van der Waals surface area contributed by atoms with Crippen LogP contribution in [0.25, 0.3) is 17.0 Å². The number of hydrogen-bond donors (Lipinski definition) is 2. The summed E-state index contributed by atoms with van der Waals surface area (Å²) < 4.78 is 28.3. The van der Waals surface area contributed by atoms with Gasteiger partial charge in [-0.05, 0) is 49.3 Å². The van der Waals surface area contributed by atoms with Gasteiger partial charge in [0.1, 0.15) is 0 Å². The number of nitrogens with zero attached hydrogens (tertiary/aromatic N) is 2. The zero-order valence-electron chi connectivity index (χ0n) is 15.3. The van der Waals surface area contributed by atoms with Crippen molar-refractivity contribution in [3.63, 3.8) is 0 Å². The van der Waals surface area contributed by atoms with Gasteiger partial charge in [0.25, 0.3) is 0 Å². The number of hydrogen-bond acceptors (Lipinski definition) is 4. The fraction of sp³-hybridized carbons (Fsp3) is 0.250. The number of fused-ring (bicyclic) bond motifs is 2. The van der Waals surface area contributed by atoms with Crippen LogP contribution < -0.4 is 4.72 Å². The van der Waals surface area contributed by atoms with Crippen LogP contribution in [0, 0.1) is 0 Å². The highest BCUT2D eigenvalue weighted by Crippen LogP contribution is 2.23. The Kier molecular flexibility index (Phi) is 4.59. The molecule has 140 valence electrons. The van der Waals surface area contributed by atoms with Crippen molar-refractivity contribution in [3.05, 3.63) is 65.6 Å². The van der Waals surface area contributed by atoms with Gasteiger partial charge in [-0.25, -0.2) is 13.1 Å². The van der Waals surface area contributed by atoms with Gasteiger partial charge in [-0.3, -0.25) is 9.88 Å². The number of sulfonamides is 1. The van der Waals surface area contributed by atoms with Crippen LogP contribution in [-0.4, -0.2) is 43.9 Å². The molecule has 2 aromatic heterocycles. The van der Waals surface area contributed by atoms with Gasteiger partial charge in [-0.15, -0.1) is 0 Å². The van der Waals surface area contributed by atoms with Gasteiger partial charge < -0.3 is 4.98 Å². The smallest absolute Gasteiger partial charge is 0.240 e. The summed E-state index contributed by atoms with van der Waals surface area (Å²) in [4.78, 5) is 10.0. The van der Waals surface area contributed by atoms with E-state index in [4.69, 9.17) is 4.98 Å². The lowest BCUT2D eigenvalue weighted by Gasteiger charge is -2.24. The van der Waals surface area contributed by atoms with Crippen LogP contribution in [0.3, 0.4) is 0 Å². The summed E-state index contributed by atoms with van der Waals surface area (Å²) in [6, 6.07) is 10.9. The van der Waals surface area contributed by atoms with Crippen molar-refractivity contribution >= 4 is 27.0 Å². The average Bonchev–Trinajstić information content (AvgIpc) is 3.29. The van der Waals surface area contributed by atoms with Crippen molar-refractivity contribution in [2.24, 2.45) is 0 Å². The van der Waals surface area contributed by atoms with Gasteiger partial charge in [0, 0.05) is 24.7 Å². The molecule has 4 rings (SSSR count). The van der Waals surface area contributed by atoms with Crippen LogP contribution in [0.15, 0.2) is 53.6 Å². The summed E-state index contributed by atoms with van der Waals surface area (Å²) in [6.07, 6.45) is 6.78. The topological polar surface area (TPSA) is 78.1 Å². The summed E-state index contributed by atoms with van der Waals surface area (Å²) in [6.45, 7) is 0.247. The molecule has 1 unspecified atom stereocenters. The summed E-state index contributed by atoms with van der Waals surface area (Å²) in [5.41, 5.74) is 3.84. The second-order valence-electron chi connectivity index (χ2n) is 6.94. The molecular weight excluding hydrogens is 360 g/mol. The molecule has 3 aromatic rings. The number of nitrogens with one attached hydrogen (secondary N) is 2. The van der Waals surface area contributed by atoms with E-state index in [1.54, 1.807) is 24.4 Å². The highest BCUT2D eigenvalue weighted by molar-refractivity contribution is 7.89. The number of likely N-dealkylation sites (N-methyl/N-ethyl adjacent to an activating group) is 1. The zero-order valence-corrected chi connectivity index (χ0v) is 16.1. The van der Waals surface area contributed by atoms with Crippen molar-refractivity contribution < 1.29 is 8.42 Å². The Labute approximate surface area is 159 Å². The van der Waals surface area contributed by atoms with Gasteiger partial charge >= 0.3 is 0 Å². The van der Waals surface area contributed by atoms with Crippen molar-refractivity contribution in [2.75, 3.05) is 20.6 Å². The quantitative estimate of drug-likeness (QED) is 0.687. The van der Waals surface area contributed by atoms with Gasteiger partial charge in [0.2, 0.25) is 10.0 Å². The van der Waals surface area contributed by atoms with Crippen LogP contribution >= 0.6 is 0 Å². The monoisotopic (exact) mass is 382 g/mol. The van der Waals surface area contributed by atoms with Gasteiger partial charge in [-0.2, -0.15) is 0 Å². The van der Waals surface area contributed by atoms with E-state index < -0.39 is 10.0 Å². The maximum atomic E-state index is 12.8. The second-order valence-corrected chi connectivity index (χ2v) is 8.70. The molecule has 27 heavy (non-hydrogen) atoms. The van der Waals surface area contributed by atoms with Crippen LogP contribution in [0.2, 0.25) is 0 Å². The zero-order chi connectivity index (χ0) is 19.0. The summed E-state index contributed by atoms with van der Waals surface area (Å²) >= 11 is 0. The Hall–Kier alpha value is -2.48. The molecule has 0 radical (unpaired) electrons. The molecule has 1 atom stereocenters. The lowest BCUT2D eigenvalue weighted by Crippen LogP contribution is -2.35. The molecule has 1 aromatic carbocycles. The van der Waals surface area contributed by atoms with Gasteiger partial charge in [0.05, 0.1) is 22.3 Å². The Morgan fingerprint density at radius 2 is 2.07 bits per heavy atom. The second kappa shape index (κ2) is 6.92. The lowest BCUT2D eigenvalue weighted by atomic mass is 10.1. The normalized spacial score (nSPS) is 14.8. The van der Waals surface area contributed by atoms with Gasteiger partial charge in [-0.1, -0.05) is 24.3 Å². The van der Waals surface area contributed by atoms with E-state index in [1.165, 1.54) is 0 Å². The molecule has 6 nitrogen and oxygen atoms in total. The fourth-order valence-corrected chi connectivity index (χ4v) is 4.41. The molecule has 0 spiro atoms. The van der Waals surface area contributed by atoms with E-state index in [0.717, 1.165) is 34.3 Å². The number of benzene rings is 1. The van der Waals surface area contributed by atoms with Crippen LogP contribution in [-0.2, 0) is 16.4 Å². The maximum Gasteiger partial charge on any atom is 0.240 e. The van der Waals surface area contributed by atoms with Crippen LogP contribution in [0.1, 0.15) is 23.0 Å². The lowest BCUT2D eigenvalue weighted by molar-refractivity contribution is 0.293. The minimum absolute atomic E-state index is 0.153. The molecule has 1 aliphatic rings. The molecule has 2 heterocycles. The SMILES string of the molecule is CN(C)C(CNS(=O)(=O)c1ccc2cc[nH]c2c1)c1ccc2c(n1)CC=C2. The third-order valence-corrected chi connectivity index (χ3v) is 6.33. The van der Waals surface area contributed by atoms with Crippen LogP contribution in [0.4, 0.5) is 0 Å². The van der Waals surface area contributed by atoms with E-state index in [0.29, 0.717) is 0 Å². The Morgan fingerprint density at radius 1 is 1.22 bits per heavy atom. The van der Waals surface area contributed by atoms with Gasteiger partial charge in [0.15, 0.2) is 0 Å². The molecule has 0 saturated carbocycles. The number of allylic oxidation sites excluding steroid dienone is 1. The molecule has 0 bridgehead atoms. The minimum atomic E-state index is -3.61. The first-order valence-electron chi connectivity index (χ1n) is 8.84. The summed E-state index contributed by atoms with van der Waals surface area (Å²) in [5.74, 6) is 0. The molecule has 1 aliphatic carbocycles. The highest BCUT2D eigenvalue weighted by atomic mass is 32.2. The van der Waals surface area contributed by atoms with Crippen molar-refractivity contribution in [2.45, 2.75) is 17.4 Å². The van der Waals surface area contributed by atoms with E-state index >= 15 is 0 Å². The summed E-state index contributed by atoms with van der Waals surface area (Å²) in [5, 5.41) is 0.982. The van der Waals surface area contributed by atoms with Crippen molar-refractivity contribution in [3.8, 4) is 0 Å². The average molecular weight is 382 g/mol. The van der Waals surface area contributed by atoms with E-state index in [1.807, 2.05) is 37.2 Å². The van der Waals surface area contributed by atoms with Crippen molar-refractivity contribution in [1.29, 1.82) is 0 Å². The number of pyridine rings is 1. The maximum absolute atomic E-state index is 12.8. The first kappa shape index (κ1) is 17.9. The molecule has 7 heteroatoms.